The average molecular weight is 264 g/mol. The standard InChI is InChI=1S/C12H12N2O3S/c1-17-10-6-8(2-3-9(10)15)12(16)14-7-11-13-4-5-18-11/h2-6,15H,7H2,1H3,(H,14,16). The fraction of sp³-hybridized carbons (Fsp3) is 0.167. The number of phenolic OH excluding ortho intramolecular Hbond substituents is 1. The number of hydrogen-bond acceptors (Lipinski definition) is 5. The Morgan fingerprint density at radius 1 is 1.56 bits per heavy atom. The van der Waals surface area contributed by atoms with Gasteiger partial charge in [-0.05, 0) is 18.2 Å². The van der Waals surface area contributed by atoms with Crippen molar-refractivity contribution in [3.8, 4) is 11.5 Å². The highest BCUT2D eigenvalue weighted by molar-refractivity contribution is 7.09. The normalized spacial score (nSPS) is 10.1. The summed E-state index contributed by atoms with van der Waals surface area (Å²) in [4.78, 5) is 15.9. The number of nitrogens with zero attached hydrogens (tertiary/aromatic N) is 1. The van der Waals surface area contributed by atoms with Crippen molar-refractivity contribution in [3.05, 3.63) is 40.3 Å². The number of benzene rings is 1. The fourth-order valence-corrected chi connectivity index (χ4v) is 1.97. The van der Waals surface area contributed by atoms with E-state index in [2.05, 4.69) is 10.3 Å². The van der Waals surface area contributed by atoms with E-state index in [-0.39, 0.29) is 17.4 Å². The smallest absolute Gasteiger partial charge is 0.251 e. The summed E-state index contributed by atoms with van der Waals surface area (Å²) in [5.74, 6) is 0.0503. The Hall–Kier alpha value is -2.08. The van der Waals surface area contributed by atoms with Crippen LogP contribution in [-0.4, -0.2) is 23.1 Å². The molecule has 1 amide bonds. The highest BCUT2D eigenvalue weighted by Crippen LogP contribution is 2.26. The van der Waals surface area contributed by atoms with Gasteiger partial charge >= 0.3 is 0 Å². The summed E-state index contributed by atoms with van der Waals surface area (Å²) in [6, 6.07) is 4.46. The Morgan fingerprint density at radius 2 is 2.39 bits per heavy atom. The number of thiazole rings is 1. The number of rotatable bonds is 4. The number of hydrogen-bond donors (Lipinski definition) is 2. The lowest BCUT2D eigenvalue weighted by Crippen LogP contribution is -2.22. The van der Waals surface area contributed by atoms with Crippen LogP contribution < -0.4 is 10.1 Å². The first kappa shape index (κ1) is 12.4. The number of aromatic hydroxyl groups is 1. The van der Waals surface area contributed by atoms with Crippen molar-refractivity contribution < 1.29 is 14.6 Å². The van der Waals surface area contributed by atoms with Gasteiger partial charge in [0.2, 0.25) is 0 Å². The number of carbonyl (C=O) groups is 1. The molecule has 0 fully saturated rings. The first-order valence-corrected chi connectivity index (χ1v) is 6.12. The summed E-state index contributed by atoms with van der Waals surface area (Å²) < 4.78 is 4.95. The molecule has 0 unspecified atom stereocenters. The van der Waals surface area contributed by atoms with Crippen LogP contribution in [0.4, 0.5) is 0 Å². The van der Waals surface area contributed by atoms with Crippen LogP contribution in [0.5, 0.6) is 11.5 Å². The van der Waals surface area contributed by atoms with Gasteiger partial charge in [0.25, 0.3) is 5.91 Å². The van der Waals surface area contributed by atoms with Crippen molar-refractivity contribution in [1.29, 1.82) is 0 Å². The Morgan fingerprint density at radius 3 is 3.06 bits per heavy atom. The van der Waals surface area contributed by atoms with Gasteiger partial charge in [-0.1, -0.05) is 0 Å². The van der Waals surface area contributed by atoms with E-state index >= 15 is 0 Å². The number of phenols is 1. The quantitative estimate of drug-likeness (QED) is 0.883. The Kier molecular flexibility index (Phi) is 3.78. The second-order valence-electron chi connectivity index (χ2n) is 3.50. The second-order valence-corrected chi connectivity index (χ2v) is 4.47. The molecule has 0 saturated carbocycles. The van der Waals surface area contributed by atoms with Gasteiger partial charge in [-0.2, -0.15) is 0 Å². The second kappa shape index (κ2) is 5.50. The lowest BCUT2D eigenvalue weighted by molar-refractivity contribution is 0.0950. The van der Waals surface area contributed by atoms with Crippen LogP contribution in [0.1, 0.15) is 15.4 Å². The molecule has 0 bridgehead atoms. The number of amides is 1. The molecule has 0 aliphatic heterocycles. The number of ether oxygens (including phenoxy) is 1. The minimum absolute atomic E-state index is 0.00831. The van der Waals surface area contributed by atoms with Crippen LogP contribution in [0.2, 0.25) is 0 Å². The molecule has 1 aromatic heterocycles. The number of carbonyl (C=O) groups excluding carboxylic acids is 1. The Balaban J connectivity index is 2.04. The predicted octanol–water partition coefficient (Wildman–Crippen LogP) is 1.79. The lowest BCUT2D eigenvalue weighted by Gasteiger charge is -2.06. The highest BCUT2D eigenvalue weighted by Gasteiger charge is 2.09. The zero-order valence-corrected chi connectivity index (χ0v) is 10.5. The summed E-state index contributed by atoms with van der Waals surface area (Å²) in [6.07, 6.45) is 1.69. The molecule has 0 saturated heterocycles. The molecule has 5 nitrogen and oxygen atoms in total. The van der Waals surface area contributed by atoms with E-state index in [1.54, 1.807) is 6.20 Å². The monoisotopic (exact) mass is 264 g/mol. The number of aromatic nitrogens is 1. The van der Waals surface area contributed by atoms with Gasteiger partial charge in [-0.25, -0.2) is 4.98 Å². The third kappa shape index (κ3) is 2.78. The third-order valence-corrected chi connectivity index (χ3v) is 3.11. The molecule has 1 aromatic carbocycles. The van der Waals surface area contributed by atoms with E-state index in [0.29, 0.717) is 12.1 Å². The van der Waals surface area contributed by atoms with Crippen molar-refractivity contribution in [1.82, 2.24) is 10.3 Å². The molecule has 6 heteroatoms. The van der Waals surface area contributed by atoms with E-state index in [1.165, 1.54) is 36.6 Å². The summed E-state index contributed by atoms with van der Waals surface area (Å²) in [7, 11) is 1.44. The lowest BCUT2D eigenvalue weighted by atomic mass is 10.2. The van der Waals surface area contributed by atoms with E-state index in [0.717, 1.165) is 5.01 Å². The van der Waals surface area contributed by atoms with Gasteiger partial charge in [-0.3, -0.25) is 4.79 Å². The first-order valence-electron chi connectivity index (χ1n) is 5.24. The van der Waals surface area contributed by atoms with Crippen molar-refractivity contribution in [2.45, 2.75) is 6.54 Å². The molecule has 2 aromatic rings. The van der Waals surface area contributed by atoms with Gasteiger partial charge in [0, 0.05) is 17.1 Å². The molecule has 0 aliphatic rings. The highest BCUT2D eigenvalue weighted by atomic mass is 32.1. The van der Waals surface area contributed by atoms with Gasteiger partial charge in [0.1, 0.15) is 5.01 Å². The molecular formula is C12H12N2O3S. The fourth-order valence-electron chi connectivity index (χ4n) is 1.42. The van der Waals surface area contributed by atoms with Crippen molar-refractivity contribution in [2.75, 3.05) is 7.11 Å². The predicted molar refractivity (Wildman–Crippen MR) is 67.9 cm³/mol. The van der Waals surface area contributed by atoms with E-state index in [1.807, 2.05) is 5.38 Å². The van der Waals surface area contributed by atoms with Crippen LogP contribution >= 0.6 is 11.3 Å². The Bertz CT molecular complexity index is 540. The molecule has 0 spiro atoms. The summed E-state index contributed by atoms with van der Waals surface area (Å²) in [5.41, 5.74) is 0.432. The van der Waals surface area contributed by atoms with Crippen LogP contribution in [0.3, 0.4) is 0 Å². The molecule has 2 N–H and O–H groups in total. The molecule has 94 valence electrons. The molecule has 0 radical (unpaired) electrons. The SMILES string of the molecule is COc1cc(C(=O)NCc2nccs2)ccc1O. The van der Waals surface area contributed by atoms with Crippen LogP contribution in [0, 0.1) is 0 Å². The average Bonchev–Trinajstić information content (AvgIpc) is 2.89. The topological polar surface area (TPSA) is 71.5 Å². The Labute approximate surface area is 108 Å². The van der Waals surface area contributed by atoms with E-state index in [9.17, 15) is 9.90 Å². The van der Waals surface area contributed by atoms with Gasteiger partial charge in [0.05, 0.1) is 13.7 Å². The molecule has 0 aliphatic carbocycles. The molecule has 18 heavy (non-hydrogen) atoms. The third-order valence-electron chi connectivity index (χ3n) is 2.33. The van der Waals surface area contributed by atoms with Crippen molar-refractivity contribution >= 4 is 17.2 Å². The summed E-state index contributed by atoms with van der Waals surface area (Å²) >= 11 is 1.48. The van der Waals surface area contributed by atoms with E-state index < -0.39 is 0 Å². The maximum Gasteiger partial charge on any atom is 0.251 e. The number of nitrogens with one attached hydrogen (secondary N) is 1. The van der Waals surface area contributed by atoms with Crippen LogP contribution in [-0.2, 0) is 6.54 Å². The molecule has 1 heterocycles. The summed E-state index contributed by atoms with van der Waals surface area (Å²) in [6.45, 7) is 0.389. The largest absolute Gasteiger partial charge is 0.504 e. The zero-order valence-electron chi connectivity index (χ0n) is 9.71. The minimum atomic E-state index is -0.233. The number of methoxy groups -OCH3 is 1. The maximum atomic E-state index is 11.8. The summed E-state index contributed by atoms with van der Waals surface area (Å²) in [5, 5.41) is 14.9. The molecule has 2 rings (SSSR count). The van der Waals surface area contributed by atoms with Gasteiger partial charge in [-0.15, -0.1) is 11.3 Å². The maximum absolute atomic E-state index is 11.8. The van der Waals surface area contributed by atoms with Crippen molar-refractivity contribution in [2.24, 2.45) is 0 Å². The van der Waals surface area contributed by atoms with E-state index in [4.69, 9.17) is 4.74 Å². The van der Waals surface area contributed by atoms with Crippen LogP contribution in [0.15, 0.2) is 29.8 Å². The molecular weight excluding hydrogens is 252 g/mol. The van der Waals surface area contributed by atoms with Crippen LogP contribution in [0.25, 0.3) is 0 Å². The van der Waals surface area contributed by atoms with Crippen molar-refractivity contribution in [3.63, 3.8) is 0 Å². The first-order chi connectivity index (χ1) is 8.70. The zero-order chi connectivity index (χ0) is 13.0. The van der Waals surface area contributed by atoms with Gasteiger partial charge < -0.3 is 15.2 Å². The minimum Gasteiger partial charge on any atom is -0.504 e. The van der Waals surface area contributed by atoms with Gasteiger partial charge in [0.15, 0.2) is 11.5 Å². The molecule has 0 atom stereocenters.